The quantitative estimate of drug-likeness (QED) is 0.755. The molecular weight excluding hydrogens is 388 g/mol. The minimum atomic E-state index is -3.78. The largest absolute Gasteiger partial charge is 0.325 e. The van der Waals surface area contributed by atoms with Gasteiger partial charge in [-0.1, -0.05) is 36.4 Å². The molecule has 1 amide bonds. The van der Waals surface area contributed by atoms with Crippen LogP contribution in [0.4, 0.5) is 5.69 Å². The average Bonchev–Trinajstić information content (AvgIpc) is 2.60. The minimum Gasteiger partial charge on any atom is -0.325 e. The fourth-order valence-corrected chi connectivity index (χ4v) is 3.63. The van der Waals surface area contributed by atoms with Gasteiger partial charge in [-0.05, 0) is 29.8 Å². The highest BCUT2D eigenvalue weighted by Crippen LogP contribution is 2.15. The molecular formula is C18H20N2O5S2. The van der Waals surface area contributed by atoms with Crippen molar-refractivity contribution in [2.75, 3.05) is 25.2 Å². The van der Waals surface area contributed by atoms with Crippen LogP contribution in [0, 0.1) is 0 Å². The third-order valence-corrected chi connectivity index (χ3v) is 6.17. The first-order valence-electron chi connectivity index (χ1n) is 7.87. The van der Waals surface area contributed by atoms with Crippen LogP contribution in [0.2, 0.25) is 0 Å². The Morgan fingerprint density at radius 2 is 1.70 bits per heavy atom. The van der Waals surface area contributed by atoms with Crippen molar-refractivity contribution >= 4 is 37.5 Å². The van der Waals surface area contributed by atoms with Gasteiger partial charge in [-0.25, -0.2) is 16.8 Å². The highest BCUT2D eigenvalue weighted by Gasteiger charge is 2.18. The molecule has 0 radical (unpaired) electrons. The number of likely N-dealkylation sites (N-methyl/N-ethyl adjacent to an activating group) is 1. The van der Waals surface area contributed by atoms with E-state index in [4.69, 9.17) is 0 Å². The van der Waals surface area contributed by atoms with Crippen molar-refractivity contribution in [3.8, 4) is 0 Å². The zero-order valence-electron chi connectivity index (χ0n) is 14.9. The first kappa shape index (κ1) is 20.8. The molecule has 0 aliphatic rings. The van der Waals surface area contributed by atoms with Crippen molar-refractivity contribution in [3.05, 3.63) is 65.6 Å². The number of amides is 1. The van der Waals surface area contributed by atoms with Crippen molar-refractivity contribution in [2.24, 2.45) is 0 Å². The maximum Gasteiger partial charge on any atom is 0.239 e. The number of nitrogens with one attached hydrogen (secondary N) is 1. The summed E-state index contributed by atoms with van der Waals surface area (Å²) >= 11 is 0. The van der Waals surface area contributed by atoms with Crippen molar-refractivity contribution in [3.63, 3.8) is 0 Å². The van der Waals surface area contributed by atoms with Crippen molar-refractivity contribution < 1.29 is 21.6 Å². The Hall–Kier alpha value is -2.49. The van der Waals surface area contributed by atoms with Gasteiger partial charge in [-0.2, -0.15) is 4.31 Å². The van der Waals surface area contributed by atoms with Crippen molar-refractivity contribution in [1.82, 2.24) is 4.31 Å². The molecule has 0 aliphatic carbocycles. The third kappa shape index (κ3) is 6.31. The van der Waals surface area contributed by atoms with Crippen LogP contribution in [0.25, 0.3) is 6.08 Å². The Balaban J connectivity index is 2.03. The Labute approximate surface area is 159 Å². The van der Waals surface area contributed by atoms with E-state index in [1.807, 2.05) is 6.07 Å². The van der Waals surface area contributed by atoms with Crippen LogP contribution in [0.5, 0.6) is 0 Å². The second-order valence-electron chi connectivity index (χ2n) is 5.86. The molecule has 0 unspecified atom stereocenters. The van der Waals surface area contributed by atoms with E-state index in [-0.39, 0.29) is 10.6 Å². The lowest BCUT2D eigenvalue weighted by Crippen LogP contribution is -2.33. The second kappa shape index (κ2) is 8.47. The number of carbonyl (C=O) groups excluding carboxylic acids is 1. The Kier molecular flexibility index (Phi) is 6.53. The monoisotopic (exact) mass is 408 g/mol. The Morgan fingerprint density at radius 3 is 2.33 bits per heavy atom. The van der Waals surface area contributed by atoms with Crippen LogP contribution in [-0.2, 0) is 24.7 Å². The SMILES string of the molecule is CN(CC(=O)Nc1cccc(S(C)(=O)=O)c1)S(=O)(=O)/C=C/c1ccccc1. The number of anilines is 1. The van der Waals surface area contributed by atoms with Crippen LogP contribution in [0.1, 0.15) is 5.56 Å². The summed E-state index contributed by atoms with van der Waals surface area (Å²) in [6.07, 6.45) is 2.51. The van der Waals surface area contributed by atoms with Gasteiger partial charge in [0.15, 0.2) is 9.84 Å². The van der Waals surface area contributed by atoms with E-state index in [9.17, 15) is 21.6 Å². The van der Waals surface area contributed by atoms with Gasteiger partial charge in [-0.15, -0.1) is 0 Å². The Morgan fingerprint density at radius 1 is 1.04 bits per heavy atom. The van der Waals surface area contributed by atoms with E-state index in [1.54, 1.807) is 24.3 Å². The van der Waals surface area contributed by atoms with Crippen LogP contribution in [0.15, 0.2) is 64.9 Å². The van der Waals surface area contributed by atoms with Gasteiger partial charge in [0.2, 0.25) is 15.9 Å². The van der Waals surface area contributed by atoms with E-state index in [0.29, 0.717) is 0 Å². The van der Waals surface area contributed by atoms with Crippen LogP contribution < -0.4 is 5.32 Å². The average molecular weight is 409 g/mol. The summed E-state index contributed by atoms with van der Waals surface area (Å²) < 4.78 is 48.5. The fourth-order valence-electron chi connectivity index (χ4n) is 2.13. The Bertz CT molecular complexity index is 1050. The fraction of sp³-hybridized carbons (Fsp3) is 0.167. The number of carbonyl (C=O) groups is 1. The summed E-state index contributed by atoms with van der Waals surface area (Å²) in [4.78, 5) is 12.2. The minimum absolute atomic E-state index is 0.0621. The lowest BCUT2D eigenvalue weighted by Gasteiger charge is -2.14. The number of hydrogen-bond donors (Lipinski definition) is 1. The summed E-state index contributed by atoms with van der Waals surface area (Å²) in [5, 5.41) is 3.53. The smallest absolute Gasteiger partial charge is 0.239 e. The summed E-state index contributed by atoms with van der Waals surface area (Å²) in [5.41, 5.74) is 0.991. The normalized spacial score (nSPS) is 12.4. The molecule has 0 spiro atoms. The number of sulfone groups is 1. The molecule has 0 saturated carbocycles. The molecule has 0 aromatic heterocycles. The zero-order valence-corrected chi connectivity index (χ0v) is 16.5. The molecule has 2 rings (SSSR count). The van der Waals surface area contributed by atoms with Gasteiger partial charge in [0.05, 0.1) is 11.4 Å². The molecule has 0 aliphatic heterocycles. The highest BCUT2D eigenvalue weighted by atomic mass is 32.2. The zero-order chi connectivity index (χ0) is 20.1. The molecule has 0 fully saturated rings. The predicted octanol–water partition coefficient (Wildman–Crippen LogP) is 1.96. The lowest BCUT2D eigenvalue weighted by molar-refractivity contribution is -0.116. The molecule has 0 bridgehead atoms. The van der Waals surface area contributed by atoms with Crippen LogP contribution in [0.3, 0.4) is 0 Å². The first-order chi connectivity index (χ1) is 12.6. The number of sulfonamides is 1. The summed E-state index contributed by atoms with van der Waals surface area (Å²) in [6.45, 7) is -0.412. The second-order valence-corrected chi connectivity index (χ2v) is 9.80. The molecule has 0 atom stereocenters. The van der Waals surface area contributed by atoms with E-state index in [0.717, 1.165) is 21.5 Å². The molecule has 27 heavy (non-hydrogen) atoms. The number of rotatable bonds is 7. The van der Waals surface area contributed by atoms with Gasteiger partial charge in [0.25, 0.3) is 0 Å². The maximum absolute atomic E-state index is 12.3. The predicted molar refractivity (Wildman–Crippen MR) is 105 cm³/mol. The molecule has 2 aromatic carbocycles. The van der Waals surface area contributed by atoms with E-state index < -0.39 is 32.3 Å². The van der Waals surface area contributed by atoms with E-state index in [2.05, 4.69) is 5.32 Å². The molecule has 0 saturated heterocycles. The highest BCUT2D eigenvalue weighted by molar-refractivity contribution is 7.92. The van der Waals surface area contributed by atoms with Gasteiger partial charge in [-0.3, -0.25) is 4.79 Å². The van der Waals surface area contributed by atoms with Gasteiger partial charge >= 0.3 is 0 Å². The molecule has 144 valence electrons. The van der Waals surface area contributed by atoms with Crippen molar-refractivity contribution in [2.45, 2.75) is 4.90 Å². The van der Waals surface area contributed by atoms with Gasteiger partial charge < -0.3 is 5.32 Å². The standard InChI is InChI=1S/C18H20N2O5S2/c1-20(27(24,25)12-11-15-7-4-3-5-8-15)14-18(21)19-16-9-6-10-17(13-16)26(2,22)23/h3-13H,14H2,1-2H3,(H,19,21)/b12-11+. The van der Waals surface area contributed by atoms with E-state index >= 15 is 0 Å². The topological polar surface area (TPSA) is 101 Å². The lowest BCUT2D eigenvalue weighted by atomic mass is 10.2. The molecule has 1 N–H and O–H groups in total. The molecule has 7 nitrogen and oxygen atoms in total. The van der Waals surface area contributed by atoms with Gasteiger partial charge in [0.1, 0.15) is 0 Å². The number of benzene rings is 2. The molecule has 0 heterocycles. The third-order valence-electron chi connectivity index (χ3n) is 3.58. The maximum atomic E-state index is 12.3. The number of hydrogen-bond acceptors (Lipinski definition) is 5. The van der Waals surface area contributed by atoms with Crippen LogP contribution in [-0.4, -0.2) is 46.9 Å². The van der Waals surface area contributed by atoms with Crippen molar-refractivity contribution in [1.29, 1.82) is 0 Å². The van der Waals surface area contributed by atoms with E-state index in [1.165, 1.54) is 37.4 Å². The molecule has 9 heteroatoms. The summed E-state index contributed by atoms with van der Waals surface area (Å²) in [5.74, 6) is -0.583. The molecule has 2 aromatic rings. The summed E-state index contributed by atoms with van der Waals surface area (Å²) in [6, 6.07) is 14.7. The summed E-state index contributed by atoms with van der Waals surface area (Å²) in [7, 11) is -5.90. The van der Waals surface area contributed by atoms with Gasteiger partial charge in [0, 0.05) is 24.4 Å². The van der Waals surface area contributed by atoms with Crippen LogP contribution >= 0.6 is 0 Å². The first-order valence-corrected chi connectivity index (χ1v) is 11.3. The number of nitrogens with zero attached hydrogens (tertiary/aromatic N) is 1.